The van der Waals surface area contributed by atoms with Crippen LogP contribution in [0.25, 0.3) is 0 Å². The number of nitrogens with one attached hydrogen (secondary N) is 1. The van der Waals surface area contributed by atoms with Gasteiger partial charge in [0.15, 0.2) is 0 Å². The summed E-state index contributed by atoms with van der Waals surface area (Å²) in [6, 6.07) is 3.94. The van der Waals surface area contributed by atoms with Gasteiger partial charge in [-0.05, 0) is 31.7 Å². The number of carbonyl (C=O) groups excluding carboxylic acids is 2. The van der Waals surface area contributed by atoms with Crippen LogP contribution in [0.2, 0.25) is 0 Å². The molecule has 1 aliphatic rings. The second kappa shape index (κ2) is 5.58. The van der Waals surface area contributed by atoms with Crippen molar-refractivity contribution in [2.75, 3.05) is 32.6 Å². The van der Waals surface area contributed by atoms with E-state index in [-0.39, 0.29) is 29.1 Å². The van der Waals surface area contributed by atoms with Crippen LogP contribution in [0.5, 0.6) is 0 Å². The Balaban J connectivity index is 2.27. The number of halogens is 1. The van der Waals surface area contributed by atoms with Crippen LogP contribution >= 0.6 is 0 Å². The minimum absolute atomic E-state index is 0.141. The van der Waals surface area contributed by atoms with E-state index in [9.17, 15) is 14.0 Å². The molecule has 20 heavy (non-hydrogen) atoms. The van der Waals surface area contributed by atoms with Gasteiger partial charge in [-0.1, -0.05) is 0 Å². The lowest BCUT2D eigenvalue weighted by atomic mass is 10.1. The fourth-order valence-corrected chi connectivity index (χ4v) is 2.30. The molecule has 108 valence electrons. The average molecular weight is 279 g/mol. The monoisotopic (exact) mass is 279 g/mol. The maximum absolute atomic E-state index is 14.1. The highest BCUT2D eigenvalue weighted by molar-refractivity contribution is 6.00. The third-order valence-electron chi connectivity index (χ3n) is 3.45. The molecule has 1 saturated heterocycles. The van der Waals surface area contributed by atoms with Crippen molar-refractivity contribution in [2.24, 2.45) is 0 Å². The molecule has 1 aliphatic heterocycles. The summed E-state index contributed by atoms with van der Waals surface area (Å²) in [5.41, 5.74) is 0.496. The van der Waals surface area contributed by atoms with Gasteiger partial charge in [-0.2, -0.15) is 0 Å². The molecule has 1 atom stereocenters. The van der Waals surface area contributed by atoms with E-state index in [1.165, 1.54) is 21.9 Å². The van der Waals surface area contributed by atoms with Crippen LogP contribution in [-0.4, -0.2) is 50.4 Å². The predicted octanol–water partition coefficient (Wildman–Crippen LogP) is 0.852. The first-order valence-electron chi connectivity index (χ1n) is 6.45. The molecule has 1 heterocycles. The molecule has 0 unspecified atom stereocenters. The van der Waals surface area contributed by atoms with Crippen molar-refractivity contribution in [3.63, 3.8) is 0 Å². The van der Waals surface area contributed by atoms with Crippen molar-refractivity contribution < 1.29 is 14.0 Å². The molecule has 0 aliphatic carbocycles. The standard InChI is InChI=1S/C14H18FN3O2/c1-16-11-6-7-18(14(11)20)12-5-4-9(8-10(12)15)13(19)17(2)3/h4-5,8,11,16H,6-7H2,1-3H3/t11-/m0/s1. The minimum Gasteiger partial charge on any atom is -0.345 e. The van der Waals surface area contributed by atoms with Crippen LogP contribution < -0.4 is 10.2 Å². The Morgan fingerprint density at radius 2 is 2.15 bits per heavy atom. The van der Waals surface area contributed by atoms with Gasteiger partial charge in [0.25, 0.3) is 5.91 Å². The number of nitrogens with zero attached hydrogens (tertiary/aromatic N) is 2. The van der Waals surface area contributed by atoms with E-state index < -0.39 is 5.82 Å². The number of likely N-dealkylation sites (N-methyl/N-ethyl adjacent to an activating group) is 1. The molecule has 2 rings (SSSR count). The maximum atomic E-state index is 14.1. The smallest absolute Gasteiger partial charge is 0.253 e. The molecule has 0 spiro atoms. The number of hydrogen-bond donors (Lipinski definition) is 1. The van der Waals surface area contributed by atoms with Gasteiger partial charge in [0, 0.05) is 26.2 Å². The van der Waals surface area contributed by atoms with Crippen molar-refractivity contribution in [3.05, 3.63) is 29.6 Å². The van der Waals surface area contributed by atoms with Crippen LogP contribution in [-0.2, 0) is 4.79 Å². The van der Waals surface area contributed by atoms with Crippen molar-refractivity contribution in [2.45, 2.75) is 12.5 Å². The Morgan fingerprint density at radius 3 is 2.65 bits per heavy atom. The van der Waals surface area contributed by atoms with E-state index in [0.717, 1.165) is 0 Å². The highest BCUT2D eigenvalue weighted by Gasteiger charge is 2.32. The van der Waals surface area contributed by atoms with Crippen LogP contribution in [0.3, 0.4) is 0 Å². The Hall–Kier alpha value is -1.95. The Morgan fingerprint density at radius 1 is 1.45 bits per heavy atom. The number of benzene rings is 1. The first kappa shape index (κ1) is 14.5. The first-order chi connectivity index (χ1) is 9.45. The van der Waals surface area contributed by atoms with Crippen molar-refractivity contribution in [1.82, 2.24) is 10.2 Å². The minimum atomic E-state index is -0.553. The first-order valence-corrected chi connectivity index (χ1v) is 6.45. The van der Waals surface area contributed by atoms with Crippen molar-refractivity contribution >= 4 is 17.5 Å². The zero-order valence-corrected chi connectivity index (χ0v) is 11.8. The molecule has 1 aromatic rings. The van der Waals surface area contributed by atoms with E-state index >= 15 is 0 Å². The second-order valence-electron chi connectivity index (χ2n) is 4.99. The molecular weight excluding hydrogens is 261 g/mol. The number of hydrogen-bond acceptors (Lipinski definition) is 3. The van der Waals surface area contributed by atoms with Crippen molar-refractivity contribution in [3.8, 4) is 0 Å². The Labute approximate surface area is 117 Å². The summed E-state index contributed by atoms with van der Waals surface area (Å²) in [5.74, 6) is -0.961. The summed E-state index contributed by atoms with van der Waals surface area (Å²) in [6.07, 6.45) is 0.646. The lowest BCUT2D eigenvalue weighted by Gasteiger charge is -2.18. The van der Waals surface area contributed by atoms with Crippen LogP contribution in [0.4, 0.5) is 10.1 Å². The van der Waals surface area contributed by atoms with Crippen LogP contribution in [0, 0.1) is 5.82 Å². The van der Waals surface area contributed by atoms with Crippen LogP contribution in [0.15, 0.2) is 18.2 Å². The van der Waals surface area contributed by atoms with Gasteiger partial charge in [0.2, 0.25) is 5.91 Å². The van der Waals surface area contributed by atoms with E-state index in [2.05, 4.69) is 5.32 Å². The predicted molar refractivity (Wildman–Crippen MR) is 74.2 cm³/mol. The Bertz CT molecular complexity index is 545. The molecule has 5 nitrogen and oxygen atoms in total. The summed E-state index contributed by atoms with van der Waals surface area (Å²) in [6.45, 7) is 0.474. The van der Waals surface area contributed by atoms with Gasteiger partial charge in [-0.15, -0.1) is 0 Å². The topological polar surface area (TPSA) is 52.7 Å². The van der Waals surface area contributed by atoms with Gasteiger partial charge < -0.3 is 15.1 Å². The molecule has 0 bridgehead atoms. The lowest BCUT2D eigenvalue weighted by molar-refractivity contribution is -0.118. The fourth-order valence-electron chi connectivity index (χ4n) is 2.30. The molecule has 1 aromatic carbocycles. The number of carbonyl (C=O) groups is 2. The molecular formula is C14H18FN3O2. The summed E-state index contributed by atoms with van der Waals surface area (Å²) in [7, 11) is 4.92. The molecule has 0 saturated carbocycles. The van der Waals surface area contributed by atoms with E-state index in [1.807, 2.05) is 0 Å². The largest absolute Gasteiger partial charge is 0.345 e. The summed E-state index contributed by atoms with van der Waals surface area (Å²) in [4.78, 5) is 26.6. The van der Waals surface area contributed by atoms with E-state index in [0.29, 0.717) is 13.0 Å². The molecule has 1 N–H and O–H groups in total. The second-order valence-corrected chi connectivity index (χ2v) is 4.99. The normalized spacial score (nSPS) is 18.5. The molecule has 1 fully saturated rings. The molecule has 6 heteroatoms. The van der Waals surface area contributed by atoms with Gasteiger partial charge >= 0.3 is 0 Å². The molecule has 2 amide bonds. The highest BCUT2D eigenvalue weighted by atomic mass is 19.1. The number of amides is 2. The van der Waals surface area contributed by atoms with Gasteiger partial charge in [0.1, 0.15) is 5.82 Å². The molecule has 0 aromatic heterocycles. The summed E-state index contributed by atoms with van der Waals surface area (Å²) >= 11 is 0. The summed E-state index contributed by atoms with van der Waals surface area (Å²) < 4.78 is 14.1. The lowest BCUT2D eigenvalue weighted by Crippen LogP contribution is -2.36. The Kier molecular flexibility index (Phi) is 4.04. The van der Waals surface area contributed by atoms with Crippen LogP contribution in [0.1, 0.15) is 16.8 Å². The third kappa shape index (κ3) is 2.51. The fraction of sp³-hybridized carbons (Fsp3) is 0.429. The SMILES string of the molecule is CN[C@H]1CCN(c2ccc(C(=O)N(C)C)cc2F)C1=O. The van der Waals surface area contributed by atoms with E-state index in [4.69, 9.17) is 0 Å². The zero-order chi connectivity index (χ0) is 14.9. The van der Waals surface area contributed by atoms with E-state index in [1.54, 1.807) is 27.2 Å². The maximum Gasteiger partial charge on any atom is 0.253 e. The quantitative estimate of drug-likeness (QED) is 0.892. The number of anilines is 1. The molecule has 0 radical (unpaired) electrons. The average Bonchev–Trinajstić information content (AvgIpc) is 2.78. The van der Waals surface area contributed by atoms with Gasteiger partial charge in [-0.3, -0.25) is 9.59 Å². The van der Waals surface area contributed by atoms with Gasteiger partial charge in [-0.25, -0.2) is 4.39 Å². The highest BCUT2D eigenvalue weighted by Crippen LogP contribution is 2.25. The zero-order valence-electron chi connectivity index (χ0n) is 11.8. The summed E-state index contributed by atoms with van der Waals surface area (Å²) in [5, 5.41) is 2.90. The number of rotatable bonds is 3. The van der Waals surface area contributed by atoms with Crippen molar-refractivity contribution in [1.29, 1.82) is 0 Å². The third-order valence-corrected chi connectivity index (χ3v) is 3.45. The van der Waals surface area contributed by atoms with Gasteiger partial charge in [0.05, 0.1) is 11.7 Å².